The molecule has 0 unspecified atom stereocenters. The fourth-order valence-electron chi connectivity index (χ4n) is 1.40. The average Bonchev–Trinajstić information content (AvgIpc) is 2.39. The molecule has 4 nitrogen and oxygen atoms in total. The molecule has 0 saturated carbocycles. The quantitative estimate of drug-likeness (QED) is 0.638. The molecule has 98 valence electrons. The van der Waals surface area contributed by atoms with E-state index in [2.05, 4.69) is 5.32 Å². The molecule has 0 saturated heterocycles. The average molecular weight is 270 g/mol. The minimum absolute atomic E-state index is 0.0881. The number of amides is 1. The molecule has 0 fully saturated rings. The topological polar surface area (TPSA) is 55.4 Å². The van der Waals surface area contributed by atoms with E-state index in [1.165, 1.54) is 0 Å². The van der Waals surface area contributed by atoms with Crippen molar-refractivity contribution >= 4 is 29.0 Å². The summed E-state index contributed by atoms with van der Waals surface area (Å²) in [6.07, 6.45) is 0.360. The Hall–Kier alpha value is -1.55. The van der Waals surface area contributed by atoms with Gasteiger partial charge >= 0.3 is 0 Å². The number of hydrogen-bond donors (Lipinski definition) is 1. The van der Waals surface area contributed by atoms with E-state index in [1.807, 2.05) is 6.92 Å². The number of carbonyl (C=O) groups is 2. The zero-order chi connectivity index (χ0) is 13.5. The molecular weight excluding hydrogens is 254 g/mol. The normalized spacial score (nSPS) is 9.94. The van der Waals surface area contributed by atoms with Gasteiger partial charge in [0.05, 0.1) is 18.2 Å². The van der Waals surface area contributed by atoms with Crippen LogP contribution in [0.1, 0.15) is 30.6 Å². The molecule has 5 heteroatoms. The third-order valence-corrected chi connectivity index (χ3v) is 2.56. The van der Waals surface area contributed by atoms with Gasteiger partial charge in [-0.25, -0.2) is 0 Å². The van der Waals surface area contributed by atoms with Gasteiger partial charge in [0.1, 0.15) is 5.75 Å². The Morgan fingerprint density at radius 2 is 2.06 bits per heavy atom. The van der Waals surface area contributed by atoms with Crippen LogP contribution in [0.5, 0.6) is 5.75 Å². The second-order valence-corrected chi connectivity index (χ2v) is 3.87. The number of alkyl halides is 1. The van der Waals surface area contributed by atoms with E-state index in [0.29, 0.717) is 30.0 Å². The van der Waals surface area contributed by atoms with Crippen LogP contribution in [-0.2, 0) is 4.79 Å². The second-order valence-electron chi connectivity index (χ2n) is 3.60. The molecule has 0 bridgehead atoms. The Kier molecular flexibility index (Phi) is 5.65. The first-order valence-corrected chi connectivity index (χ1v) is 6.31. The number of benzene rings is 1. The largest absolute Gasteiger partial charge is 0.492 e. The van der Waals surface area contributed by atoms with E-state index in [4.69, 9.17) is 16.3 Å². The van der Waals surface area contributed by atoms with Crippen LogP contribution in [0.2, 0.25) is 0 Å². The summed E-state index contributed by atoms with van der Waals surface area (Å²) >= 11 is 5.50. The SMILES string of the molecule is CCOc1ccc(C(=O)CCl)cc1NC(=O)CC. The van der Waals surface area contributed by atoms with E-state index in [9.17, 15) is 9.59 Å². The van der Waals surface area contributed by atoms with Gasteiger partial charge in [0.2, 0.25) is 5.91 Å². The molecular formula is C13H16ClNO3. The van der Waals surface area contributed by atoms with Gasteiger partial charge in [0.25, 0.3) is 0 Å². The summed E-state index contributed by atoms with van der Waals surface area (Å²) in [5.41, 5.74) is 0.958. The number of anilines is 1. The first kappa shape index (κ1) is 14.5. The number of nitrogens with one attached hydrogen (secondary N) is 1. The van der Waals surface area contributed by atoms with Crippen molar-refractivity contribution in [3.63, 3.8) is 0 Å². The lowest BCUT2D eigenvalue weighted by molar-refractivity contribution is -0.115. The van der Waals surface area contributed by atoms with Crippen LogP contribution < -0.4 is 10.1 Å². The monoisotopic (exact) mass is 269 g/mol. The van der Waals surface area contributed by atoms with Gasteiger partial charge in [0, 0.05) is 12.0 Å². The lowest BCUT2D eigenvalue weighted by Crippen LogP contribution is -2.12. The number of ether oxygens (including phenoxy) is 1. The van der Waals surface area contributed by atoms with Gasteiger partial charge in [-0.05, 0) is 25.1 Å². The van der Waals surface area contributed by atoms with E-state index in [0.717, 1.165) is 0 Å². The summed E-state index contributed by atoms with van der Waals surface area (Å²) in [4.78, 5) is 22.9. The lowest BCUT2D eigenvalue weighted by atomic mass is 10.1. The van der Waals surface area contributed by atoms with Crippen LogP contribution in [0.15, 0.2) is 18.2 Å². The minimum atomic E-state index is -0.188. The maximum atomic E-state index is 11.5. The van der Waals surface area contributed by atoms with Gasteiger partial charge in [-0.2, -0.15) is 0 Å². The third kappa shape index (κ3) is 3.74. The highest BCUT2D eigenvalue weighted by atomic mass is 35.5. The number of Topliss-reactive ketones (excluding diaryl/α,β-unsaturated/α-hetero) is 1. The van der Waals surface area contributed by atoms with Gasteiger partial charge in [-0.1, -0.05) is 6.92 Å². The van der Waals surface area contributed by atoms with Crippen LogP contribution in [-0.4, -0.2) is 24.2 Å². The maximum Gasteiger partial charge on any atom is 0.224 e. The standard InChI is InChI=1S/C13H16ClNO3/c1-3-13(17)15-10-7-9(11(16)8-14)5-6-12(10)18-4-2/h5-7H,3-4,8H2,1-2H3,(H,15,17). The third-order valence-electron chi connectivity index (χ3n) is 2.32. The van der Waals surface area contributed by atoms with Crippen LogP contribution in [0.25, 0.3) is 0 Å². The predicted octanol–water partition coefficient (Wildman–Crippen LogP) is 2.86. The molecule has 1 rings (SSSR count). The van der Waals surface area contributed by atoms with Crippen molar-refractivity contribution in [2.24, 2.45) is 0 Å². The Balaban J connectivity index is 3.06. The van der Waals surface area contributed by atoms with Gasteiger partial charge in [-0.3, -0.25) is 9.59 Å². The second kappa shape index (κ2) is 7.01. The lowest BCUT2D eigenvalue weighted by Gasteiger charge is -2.12. The molecule has 0 aliphatic rings. The zero-order valence-corrected chi connectivity index (χ0v) is 11.2. The summed E-state index contributed by atoms with van der Waals surface area (Å²) < 4.78 is 5.39. The van der Waals surface area contributed by atoms with E-state index in [1.54, 1.807) is 25.1 Å². The van der Waals surface area contributed by atoms with Gasteiger partial charge in [0.15, 0.2) is 5.78 Å². The Morgan fingerprint density at radius 3 is 2.61 bits per heavy atom. The number of carbonyl (C=O) groups excluding carboxylic acids is 2. The number of rotatable bonds is 6. The molecule has 18 heavy (non-hydrogen) atoms. The molecule has 0 atom stereocenters. The number of halogens is 1. The van der Waals surface area contributed by atoms with Crippen LogP contribution in [0.4, 0.5) is 5.69 Å². The Bertz CT molecular complexity index is 446. The summed E-state index contributed by atoms with van der Waals surface area (Å²) in [5, 5.41) is 2.71. The Labute approximate surface area is 111 Å². The number of ketones is 1. The van der Waals surface area contributed by atoms with Crippen molar-refractivity contribution in [3.8, 4) is 5.75 Å². The van der Waals surface area contributed by atoms with Crippen molar-refractivity contribution in [2.75, 3.05) is 17.8 Å². The highest BCUT2D eigenvalue weighted by molar-refractivity contribution is 6.30. The first-order valence-electron chi connectivity index (χ1n) is 5.78. The first-order chi connectivity index (χ1) is 8.62. The molecule has 1 amide bonds. The molecule has 1 N–H and O–H groups in total. The molecule has 0 aliphatic carbocycles. The van der Waals surface area contributed by atoms with E-state index >= 15 is 0 Å². The summed E-state index contributed by atoms with van der Waals surface area (Å²) in [6.45, 7) is 4.09. The molecule has 0 heterocycles. The zero-order valence-electron chi connectivity index (χ0n) is 10.5. The molecule has 0 aromatic heterocycles. The molecule has 1 aromatic rings. The van der Waals surface area contributed by atoms with Gasteiger partial charge < -0.3 is 10.1 Å². The highest BCUT2D eigenvalue weighted by Gasteiger charge is 2.11. The molecule has 0 radical (unpaired) electrons. The molecule has 0 spiro atoms. The van der Waals surface area contributed by atoms with Crippen molar-refractivity contribution in [2.45, 2.75) is 20.3 Å². The fourth-order valence-corrected chi connectivity index (χ4v) is 1.55. The van der Waals surface area contributed by atoms with Crippen molar-refractivity contribution in [1.82, 2.24) is 0 Å². The summed E-state index contributed by atoms with van der Waals surface area (Å²) in [7, 11) is 0. The van der Waals surface area contributed by atoms with Crippen molar-refractivity contribution in [3.05, 3.63) is 23.8 Å². The summed E-state index contributed by atoms with van der Waals surface area (Å²) in [5.74, 6) is 0.137. The molecule has 0 aliphatic heterocycles. The van der Waals surface area contributed by atoms with Crippen LogP contribution >= 0.6 is 11.6 Å². The smallest absolute Gasteiger partial charge is 0.224 e. The van der Waals surface area contributed by atoms with Crippen LogP contribution in [0, 0.1) is 0 Å². The predicted molar refractivity (Wildman–Crippen MR) is 71.6 cm³/mol. The van der Waals surface area contributed by atoms with Crippen molar-refractivity contribution in [1.29, 1.82) is 0 Å². The van der Waals surface area contributed by atoms with Crippen LogP contribution in [0.3, 0.4) is 0 Å². The van der Waals surface area contributed by atoms with E-state index < -0.39 is 0 Å². The van der Waals surface area contributed by atoms with Crippen molar-refractivity contribution < 1.29 is 14.3 Å². The molecule has 1 aromatic carbocycles. The maximum absolute atomic E-state index is 11.5. The van der Waals surface area contributed by atoms with E-state index in [-0.39, 0.29) is 17.6 Å². The minimum Gasteiger partial charge on any atom is -0.492 e. The number of hydrogen-bond acceptors (Lipinski definition) is 3. The summed E-state index contributed by atoms with van der Waals surface area (Å²) in [6, 6.07) is 4.88. The fraction of sp³-hybridized carbons (Fsp3) is 0.385. The Morgan fingerprint density at radius 1 is 1.33 bits per heavy atom. The van der Waals surface area contributed by atoms with Gasteiger partial charge in [-0.15, -0.1) is 11.6 Å². The highest BCUT2D eigenvalue weighted by Crippen LogP contribution is 2.26.